The minimum Gasteiger partial charge on any atom is -0.543 e. The number of benzene rings is 1. The number of nitro groups is 1. The number of carboxylic acids is 1. The monoisotopic (exact) mass is 607 g/mol. The quantitative estimate of drug-likeness (QED) is 0.0875. The first-order chi connectivity index (χ1) is 19.2. The van der Waals surface area contributed by atoms with E-state index < -0.39 is 45.1 Å². The van der Waals surface area contributed by atoms with Gasteiger partial charge in [-0.15, -0.1) is 23.1 Å². The number of carboxylic acid groups (broad SMARTS) is 1. The molecule has 3 heterocycles. The number of thioether (sulfide) groups is 1. The first kappa shape index (κ1) is 29.0. The molecule has 1 saturated heterocycles. The number of hydrogen-bond donors (Lipinski definition) is 2. The number of carbonyl (C=O) groups excluding carboxylic acids is 4. The van der Waals surface area contributed by atoms with Crippen molar-refractivity contribution in [2.75, 3.05) is 11.9 Å². The van der Waals surface area contributed by atoms with Crippen molar-refractivity contribution >= 4 is 75.4 Å². The summed E-state index contributed by atoms with van der Waals surface area (Å²) in [5, 5.41) is 31.8. The fourth-order valence-electron chi connectivity index (χ4n) is 3.89. The second-order valence-corrected chi connectivity index (χ2v) is 10.9. The van der Waals surface area contributed by atoms with Crippen LogP contribution in [-0.2, 0) is 30.4 Å². The van der Waals surface area contributed by atoms with E-state index in [2.05, 4.69) is 20.8 Å². The number of fused-ring (bicyclic) bond motifs is 1. The van der Waals surface area contributed by atoms with Crippen LogP contribution in [-0.4, -0.2) is 68.0 Å². The highest BCUT2D eigenvalue weighted by atomic mass is 35.5. The van der Waals surface area contributed by atoms with E-state index in [4.69, 9.17) is 16.4 Å². The number of nitro benzene ring substituents is 1. The molecule has 210 valence electrons. The number of oxime groups is 1. The van der Waals surface area contributed by atoms with Crippen LogP contribution < -0.4 is 15.7 Å². The summed E-state index contributed by atoms with van der Waals surface area (Å²) < 4.78 is 0. The minimum absolute atomic E-state index is 0.0947. The average molecular weight is 608 g/mol. The topological polar surface area (TPSA) is 196 Å². The number of rotatable bonds is 12. The maximum absolute atomic E-state index is 13.2. The molecule has 3 atom stereocenters. The molecule has 2 N–H and O–H groups in total. The lowest BCUT2D eigenvalue weighted by atomic mass is 10.0. The van der Waals surface area contributed by atoms with Crippen LogP contribution in [0.1, 0.15) is 24.6 Å². The second-order valence-electron chi connectivity index (χ2n) is 8.36. The summed E-state index contributed by atoms with van der Waals surface area (Å²) in [6.45, 7) is 2.05. The highest BCUT2D eigenvalue weighted by Gasteiger charge is 2.55. The molecule has 0 radical (unpaired) electrons. The Balaban J connectivity index is 1.56. The van der Waals surface area contributed by atoms with Crippen LogP contribution in [0.2, 0.25) is 0 Å². The van der Waals surface area contributed by atoms with Crippen molar-refractivity contribution in [1.82, 2.24) is 15.2 Å². The zero-order chi connectivity index (χ0) is 29.0. The maximum atomic E-state index is 13.2. The van der Waals surface area contributed by atoms with Crippen LogP contribution in [0.5, 0.6) is 0 Å². The smallest absolute Gasteiger partial charge is 0.276 e. The number of nitrogens with one attached hydrogen (secondary N) is 2. The first-order valence-corrected chi connectivity index (χ1v) is 13.9. The summed E-state index contributed by atoms with van der Waals surface area (Å²) in [4.78, 5) is 69.5. The fraction of sp³-hybridized carbons (Fsp3) is 0.304. The van der Waals surface area contributed by atoms with Gasteiger partial charge in [0.1, 0.15) is 23.7 Å². The maximum Gasteiger partial charge on any atom is 0.276 e. The fourth-order valence-corrected chi connectivity index (χ4v) is 6.47. The van der Waals surface area contributed by atoms with Crippen molar-refractivity contribution in [2.45, 2.75) is 36.4 Å². The zero-order valence-corrected chi connectivity index (χ0v) is 23.0. The summed E-state index contributed by atoms with van der Waals surface area (Å²) in [7, 11) is 0. The summed E-state index contributed by atoms with van der Waals surface area (Å²) >= 11 is 8.59. The Kier molecular flexibility index (Phi) is 9.01. The number of aromatic nitrogens is 1. The molecule has 1 aromatic carbocycles. The molecule has 0 spiro atoms. The van der Waals surface area contributed by atoms with E-state index >= 15 is 0 Å². The Hall–Kier alpha value is -4.02. The van der Waals surface area contributed by atoms with Crippen LogP contribution in [0.25, 0.3) is 0 Å². The van der Waals surface area contributed by atoms with Crippen molar-refractivity contribution in [1.29, 1.82) is 0 Å². The van der Waals surface area contributed by atoms with E-state index in [0.29, 0.717) is 18.4 Å². The minimum atomic E-state index is -1.66. The molecule has 2 aromatic rings. The largest absolute Gasteiger partial charge is 0.543 e. The number of nitrogens with zero attached hydrogens (tertiary/aromatic N) is 4. The third-order valence-electron chi connectivity index (χ3n) is 5.74. The molecule has 40 heavy (non-hydrogen) atoms. The Morgan fingerprint density at radius 1 is 1.32 bits per heavy atom. The predicted octanol–water partition coefficient (Wildman–Crippen LogP) is 0.962. The normalized spacial score (nSPS) is 20.4. The number of halogens is 1. The van der Waals surface area contributed by atoms with E-state index in [1.807, 2.05) is 6.92 Å². The predicted molar refractivity (Wildman–Crippen MR) is 143 cm³/mol. The number of thiazole rings is 1. The number of carbonyl (C=O) groups is 4. The Labute approximate surface area is 239 Å². The van der Waals surface area contributed by atoms with E-state index in [1.54, 1.807) is 0 Å². The van der Waals surface area contributed by atoms with Crippen LogP contribution in [0.4, 0.5) is 10.8 Å². The van der Waals surface area contributed by atoms with Crippen molar-refractivity contribution in [3.8, 4) is 0 Å². The van der Waals surface area contributed by atoms with Gasteiger partial charge in [0.05, 0.1) is 21.6 Å². The van der Waals surface area contributed by atoms with E-state index in [-0.39, 0.29) is 40.3 Å². The van der Waals surface area contributed by atoms with Crippen molar-refractivity contribution in [3.63, 3.8) is 0 Å². The lowest BCUT2D eigenvalue weighted by Gasteiger charge is -2.51. The van der Waals surface area contributed by atoms with Crippen LogP contribution in [0.15, 0.2) is 45.5 Å². The highest BCUT2D eigenvalue weighted by molar-refractivity contribution is 8.01. The van der Waals surface area contributed by atoms with Gasteiger partial charge in [-0.1, -0.05) is 35.8 Å². The van der Waals surface area contributed by atoms with Crippen molar-refractivity contribution in [2.24, 2.45) is 5.16 Å². The first-order valence-electron chi connectivity index (χ1n) is 11.7. The van der Waals surface area contributed by atoms with E-state index in [9.17, 15) is 34.4 Å². The molecule has 0 saturated carbocycles. The van der Waals surface area contributed by atoms with E-state index in [0.717, 1.165) is 28.0 Å². The molecular formula is C23H20ClN6O8S2-. The zero-order valence-electron chi connectivity index (χ0n) is 20.6. The molecule has 14 nitrogen and oxygen atoms in total. The molecular weight excluding hydrogens is 588 g/mol. The standard InChI is InChI=1S/C23H21ClN6O8S2/c1-2-7-38-28-16(13-9-39-23(26-13)25-10-31)19(32)27-17-20(33)29-18(22(34)35)15(24)14(40-21(17)29)8-11-3-5-12(6-4-11)30(36)37/h3-6,9-10,14,17,21H,2,7-8H2,1H3,(H,27,32)(H,34,35)(H,25,26,31)/p-1/t14?,17?,21-/m1/s1. The Morgan fingerprint density at radius 3 is 2.67 bits per heavy atom. The van der Waals surface area contributed by atoms with E-state index in [1.165, 1.54) is 29.6 Å². The molecule has 17 heteroatoms. The number of amides is 3. The Bertz CT molecular complexity index is 1410. The third kappa shape index (κ3) is 5.93. The average Bonchev–Trinajstić information content (AvgIpc) is 3.39. The van der Waals surface area contributed by atoms with Gasteiger partial charge in [0.25, 0.3) is 17.5 Å². The summed E-state index contributed by atoms with van der Waals surface area (Å²) in [5.41, 5.74) is -0.115. The van der Waals surface area contributed by atoms with Crippen molar-refractivity contribution in [3.05, 3.63) is 61.7 Å². The number of aliphatic carboxylic acids is 1. The number of β-lactam (4-membered cyclic amide) rings is 1. The van der Waals surface area contributed by atoms with Gasteiger partial charge in [0.15, 0.2) is 10.8 Å². The summed E-state index contributed by atoms with van der Waals surface area (Å²) in [6.07, 6.45) is 1.23. The van der Waals surface area contributed by atoms with Gasteiger partial charge >= 0.3 is 0 Å². The lowest BCUT2D eigenvalue weighted by Crippen LogP contribution is -2.72. The molecule has 1 aromatic heterocycles. The second kappa shape index (κ2) is 12.4. The SMILES string of the molecule is CCCON=C(C(=O)NC1C(=O)N2C(C(=O)[O-])=C(Cl)C(Cc3ccc([N+](=O)[O-])cc3)S[C@H]12)c1csc(NC=O)n1. The molecule has 2 aliphatic rings. The summed E-state index contributed by atoms with van der Waals surface area (Å²) in [5.74, 6) is -3.18. The van der Waals surface area contributed by atoms with Gasteiger partial charge < -0.3 is 25.4 Å². The van der Waals surface area contributed by atoms with Gasteiger partial charge in [0, 0.05) is 22.8 Å². The molecule has 4 rings (SSSR count). The van der Waals surface area contributed by atoms with Crippen LogP contribution >= 0.6 is 34.7 Å². The van der Waals surface area contributed by atoms with Gasteiger partial charge in [-0.3, -0.25) is 29.4 Å². The lowest BCUT2D eigenvalue weighted by molar-refractivity contribution is -0.384. The van der Waals surface area contributed by atoms with Crippen LogP contribution in [0, 0.1) is 10.1 Å². The number of hydrogen-bond acceptors (Lipinski definition) is 12. The van der Waals surface area contributed by atoms with Gasteiger partial charge in [-0.05, 0) is 18.4 Å². The molecule has 0 aliphatic carbocycles. The number of anilines is 1. The third-order valence-corrected chi connectivity index (χ3v) is 8.58. The highest BCUT2D eigenvalue weighted by Crippen LogP contribution is 2.46. The summed E-state index contributed by atoms with van der Waals surface area (Å²) in [6, 6.07) is 4.55. The van der Waals surface area contributed by atoms with Gasteiger partial charge in [-0.2, -0.15) is 0 Å². The van der Waals surface area contributed by atoms with Gasteiger partial charge in [-0.25, -0.2) is 4.98 Å². The van der Waals surface area contributed by atoms with Crippen LogP contribution in [0.3, 0.4) is 0 Å². The molecule has 2 aliphatic heterocycles. The molecule has 0 bridgehead atoms. The molecule has 2 unspecified atom stereocenters. The number of non-ortho nitro benzene ring substituents is 1. The van der Waals surface area contributed by atoms with Crippen molar-refractivity contribution < 1.29 is 34.0 Å². The molecule has 1 fully saturated rings. The Morgan fingerprint density at radius 2 is 2.05 bits per heavy atom. The van der Waals surface area contributed by atoms with Gasteiger partial charge in [0.2, 0.25) is 6.41 Å². The molecule has 3 amide bonds.